The molecule has 2 fully saturated rings. The molecule has 3 atom stereocenters. The Morgan fingerprint density at radius 1 is 1.25 bits per heavy atom. The molecule has 28 heavy (non-hydrogen) atoms. The minimum Gasteiger partial charge on any atom is -0.465 e. The monoisotopic (exact) mass is 392 g/mol. The third-order valence-electron chi connectivity index (χ3n) is 5.82. The Morgan fingerprint density at radius 3 is 2.68 bits per heavy atom. The van der Waals surface area contributed by atoms with Crippen molar-refractivity contribution in [2.45, 2.75) is 71.2 Å². The maximum Gasteiger partial charge on any atom is 0.316 e. The van der Waals surface area contributed by atoms with Gasteiger partial charge in [0.1, 0.15) is 11.1 Å². The summed E-state index contributed by atoms with van der Waals surface area (Å²) >= 11 is 0. The van der Waals surface area contributed by atoms with Crippen LogP contribution in [0.15, 0.2) is 18.6 Å². The van der Waals surface area contributed by atoms with Crippen molar-refractivity contribution in [3.63, 3.8) is 0 Å². The van der Waals surface area contributed by atoms with Crippen molar-refractivity contribution in [1.82, 2.24) is 20.4 Å². The lowest BCUT2D eigenvalue weighted by Crippen LogP contribution is -2.71. The van der Waals surface area contributed by atoms with E-state index in [4.69, 9.17) is 14.5 Å². The number of aromatic nitrogens is 2. The van der Waals surface area contributed by atoms with Gasteiger partial charge in [-0.05, 0) is 40.0 Å². The number of fused-ring (bicyclic) bond motifs is 2. The molecule has 9 heteroatoms. The summed E-state index contributed by atoms with van der Waals surface area (Å²) < 4.78 is 5.43. The molecule has 1 aromatic heterocycles. The predicted octanol–water partition coefficient (Wildman–Crippen LogP) is 2.35. The van der Waals surface area contributed by atoms with E-state index in [1.54, 1.807) is 18.9 Å². The highest BCUT2D eigenvalue weighted by atomic mass is 17.2. The van der Waals surface area contributed by atoms with E-state index in [0.717, 1.165) is 12.8 Å². The molecule has 3 heterocycles. The van der Waals surface area contributed by atoms with Gasteiger partial charge in [0.2, 0.25) is 0 Å². The highest BCUT2D eigenvalue weighted by molar-refractivity contribution is 5.91. The van der Waals surface area contributed by atoms with Crippen molar-refractivity contribution in [3.05, 3.63) is 24.3 Å². The fourth-order valence-electron chi connectivity index (χ4n) is 4.12. The number of piperidine rings is 1. The first-order valence-electron chi connectivity index (χ1n) is 9.74. The van der Waals surface area contributed by atoms with Crippen LogP contribution in [0.3, 0.4) is 0 Å². The van der Waals surface area contributed by atoms with Crippen molar-refractivity contribution in [2.75, 3.05) is 6.61 Å². The minimum atomic E-state index is -1.22. The number of amides is 1. The average Bonchev–Trinajstić information content (AvgIpc) is 2.88. The lowest BCUT2D eigenvalue weighted by molar-refractivity contribution is -0.351. The van der Waals surface area contributed by atoms with Crippen LogP contribution in [0, 0.1) is 5.41 Å². The van der Waals surface area contributed by atoms with Crippen molar-refractivity contribution in [3.8, 4) is 0 Å². The van der Waals surface area contributed by atoms with E-state index in [1.807, 2.05) is 6.92 Å². The number of nitrogens with zero attached hydrogens (tertiary/aromatic N) is 3. The molecule has 0 saturated carbocycles. The normalized spacial score (nSPS) is 32.1. The number of hydrogen-bond acceptors (Lipinski definition) is 8. The Kier molecular flexibility index (Phi) is 5.69. The van der Waals surface area contributed by atoms with Crippen LogP contribution in [0.25, 0.3) is 0 Å². The number of rotatable bonds is 7. The van der Waals surface area contributed by atoms with E-state index in [9.17, 15) is 9.59 Å². The standard InChI is InChI=1S/C19H28N4O5/c1-5-7-8-19(16(25)26-6-2)10-9-17(3)23(18(19,4)28-27-17)22-15(24)14-13-20-11-12-21-14/h11-13H,5-10H2,1-4H3,(H,22,24). The van der Waals surface area contributed by atoms with Crippen LogP contribution in [0.1, 0.15) is 70.3 Å². The maximum atomic E-state index is 13.1. The first-order valence-corrected chi connectivity index (χ1v) is 9.74. The lowest BCUT2D eigenvalue weighted by Gasteiger charge is -2.52. The van der Waals surface area contributed by atoms with E-state index >= 15 is 0 Å². The largest absolute Gasteiger partial charge is 0.465 e. The van der Waals surface area contributed by atoms with Gasteiger partial charge < -0.3 is 4.74 Å². The predicted molar refractivity (Wildman–Crippen MR) is 98.1 cm³/mol. The lowest BCUT2D eigenvalue weighted by atomic mass is 9.66. The zero-order valence-corrected chi connectivity index (χ0v) is 16.9. The molecule has 2 bridgehead atoms. The average molecular weight is 392 g/mol. The smallest absolute Gasteiger partial charge is 0.316 e. The van der Waals surface area contributed by atoms with E-state index in [-0.39, 0.29) is 18.3 Å². The number of ether oxygens (including phenoxy) is 1. The van der Waals surface area contributed by atoms with Gasteiger partial charge in [-0.15, -0.1) is 0 Å². The molecule has 2 saturated heterocycles. The highest BCUT2D eigenvalue weighted by Gasteiger charge is 2.71. The fraction of sp³-hybridized carbons (Fsp3) is 0.684. The Balaban J connectivity index is 1.97. The second-order valence-corrected chi connectivity index (χ2v) is 7.60. The Morgan fingerprint density at radius 2 is 2.04 bits per heavy atom. The molecule has 2 aliphatic heterocycles. The Labute approximate surface area is 164 Å². The molecule has 1 N–H and O–H groups in total. The van der Waals surface area contributed by atoms with E-state index in [2.05, 4.69) is 22.3 Å². The third kappa shape index (κ3) is 3.17. The minimum absolute atomic E-state index is 0.162. The molecule has 0 spiro atoms. The molecular weight excluding hydrogens is 364 g/mol. The van der Waals surface area contributed by atoms with Gasteiger partial charge in [0.05, 0.1) is 12.8 Å². The van der Waals surface area contributed by atoms with Crippen LogP contribution in [0.5, 0.6) is 0 Å². The van der Waals surface area contributed by atoms with Crippen LogP contribution in [0.4, 0.5) is 0 Å². The number of esters is 1. The number of unbranched alkanes of at least 4 members (excludes halogenated alkanes) is 1. The van der Waals surface area contributed by atoms with Crippen LogP contribution in [-0.4, -0.2) is 44.9 Å². The molecule has 0 aromatic carbocycles. The number of hydrogen-bond donors (Lipinski definition) is 1. The van der Waals surface area contributed by atoms with Gasteiger partial charge in [-0.1, -0.05) is 19.8 Å². The second kappa shape index (κ2) is 7.73. The molecule has 3 rings (SSSR count). The summed E-state index contributed by atoms with van der Waals surface area (Å²) in [5, 5.41) is 1.60. The third-order valence-corrected chi connectivity index (χ3v) is 5.82. The molecule has 9 nitrogen and oxygen atoms in total. The van der Waals surface area contributed by atoms with Crippen LogP contribution < -0.4 is 5.43 Å². The first kappa shape index (κ1) is 20.6. The zero-order chi connectivity index (χ0) is 20.4. The fourth-order valence-corrected chi connectivity index (χ4v) is 4.12. The summed E-state index contributed by atoms with van der Waals surface area (Å²) in [6.07, 6.45) is 7.65. The molecule has 0 radical (unpaired) electrons. The summed E-state index contributed by atoms with van der Waals surface area (Å²) in [4.78, 5) is 45.2. The summed E-state index contributed by atoms with van der Waals surface area (Å²) in [6, 6.07) is 0. The van der Waals surface area contributed by atoms with Gasteiger partial charge in [0.25, 0.3) is 5.91 Å². The zero-order valence-electron chi connectivity index (χ0n) is 16.9. The second-order valence-electron chi connectivity index (χ2n) is 7.60. The number of carbonyl (C=O) groups is 2. The molecule has 3 unspecified atom stereocenters. The molecular formula is C19H28N4O5. The van der Waals surface area contributed by atoms with Crippen molar-refractivity contribution < 1.29 is 24.1 Å². The van der Waals surface area contributed by atoms with Gasteiger partial charge in [-0.2, -0.15) is 5.01 Å². The number of carbonyl (C=O) groups excluding carboxylic acids is 2. The number of hydrazine groups is 1. The Hall–Kier alpha value is -2.10. The van der Waals surface area contributed by atoms with Crippen molar-refractivity contribution in [2.24, 2.45) is 5.41 Å². The van der Waals surface area contributed by atoms with Gasteiger partial charge >= 0.3 is 5.97 Å². The highest BCUT2D eigenvalue weighted by Crippen LogP contribution is 2.57. The summed E-state index contributed by atoms with van der Waals surface area (Å²) in [7, 11) is 0. The molecule has 1 amide bonds. The van der Waals surface area contributed by atoms with Gasteiger partial charge in [-0.25, -0.2) is 14.8 Å². The molecule has 154 valence electrons. The van der Waals surface area contributed by atoms with Gasteiger partial charge in [0, 0.05) is 12.4 Å². The first-order chi connectivity index (χ1) is 13.3. The summed E-state index contributed by atoms with van der Waals surface area (Å²) in [5.74, 6) is -0.785. The SMILES string of the molecule is CCCCC1(C(=O)OCC)CCC2(C)OOC1(C)N2NC(=O)c1cnccn1. The van der Waals surface area contributed by atoms with Gasteiger partial charge in [0.15, 0.2) is 11.4 Å². The maximum absolute atomic E-state index is 13.1. The topological polar surface area (TPSA) is 103 Å². The van der Waals surface area contributed by atoms with Crippen LogP contribution in [-0.2, 0) is 19.3 Å². The summed E-state index contributed by atoms with van der Waals surface area (Å²) in [5.41, 5.74) is -0.0959. The van der Waals surface area contributed by atoms with Crippen LogP contribution >= 0.6 is 0 Å². The summed E-state index contributed by atoms with van der Waals surface area (Å²) in [6.45, 7) is 7.70. The van der Waals surface area contributed by atoms with Gasteiger partial charge in [-0.3, -0.25) is 20.0 Å². The van der Waals surface area contributed by atoms with E-state index in [1.165, 1.54) is 18.6 Å². The molecule has 0 aliphatic carbocycles. The van der Waals surface area contributed by atoms with E-state index < -0.39 is 22.8 Å². The van der Waals surface area contributed by atoms with Crippen molar-refractivity contribution in [1.29, 1.82) is 0 Å². The Bertz CT molecular complexity index is 732. The van der Waals surface area contributed by atoms with E-state index in [0.29, 0.717) is 19.3 Å². The quantitative estimate of drug-likeness (QED) is 0.557. The molecule has 2 aliphatic rings. The molecule has 1 aromatic rings. The van der Waals surface area contributed by atoms with Crippen molar-refractivity contribution >= 4 is 11.9 Å². The number of nitrogens with one attached hydrogen (secondary N) is 1. The van der Waals surface area contributed by atoms with Crippen LogP contribution in [0.2, 0.25) is 0 Å².